The molecule has 1 atom stereocenters. The van der Waals surface area contributed by atoms with Crippen molar-refractivity contribution in [2.45, 2.75) is 38.8 Å². The molecule has 2 N–H and O–H groups in total. The summed E-state index contributed by atoms with van der Waals surface area (Å²) in [6, 6.07) is 13.2. The number of piperidine rings is 1. The molecule has 0 spiro atoms. The van der Waals surface area contributed by atoms with E-state index in [1.54, 1.807) is 11.6 Å². The van der Waals surface area contributed by atoms with E-state index in [4.69, 9.17) is 10.2 Å². The maximum absolute atomic E-state index is 13.9. The molecule has 2 heterocycles. The fraction of sp³-hybridized carbons (Fsp3) is 0.333. The van der Waals surface area contributed by atoms with Gasteiger partial charge in [-0.2, -0.15) is 0 Å². The number of fused-ring (bicyclic) bond motifs is 1. The average molecular weight is 423 g/mol. The number of amides is 1. The van der Waals surface area contributed by atoms with E-state index in [2.05, 4.69) is 23.3 Å². The van der Waals surface area contributed by atoms with Crippen LogP contribution in [0.1, 0.15) is 38.3 Å². The van der Waals surface area contributed by atoms with Crippen LogP contribution in [0.2, 0.25) is 0 Å². The van der Waals surface area contributed by atoms with Crippen molar-refractivity contribution in [1.82, 2.24) is 19.9 Å². The lowest BCUT2D eigenvalue weighted by atomic mass is 10.0. The molecule has 7 heteroatoms. The van der Waals surface area contributed by atoms with Crippen LogP contribution in [0.3, 0.4) is 0 Å². The van der Waals surface area contributed by atoms with Crippen molar-refractivity contribution >= 4 is 23.0 Å². The SMILES string of the molecule is CC(C)N1CCCC(n2c(-c3cccc(C=CC(=O)NO)c3)nc3cc(F)ccc32)C1. The topological polar surface area (TPSA) is 70.4 Å². The van der Waals surface area contributed by atoms with Gasteiger partial charge in [-0.05, 0) is 63.1 Å². The third-order valence-electron chi connectivity index (χ3n) is 5.86. The van der Waals surface area contributed by atoms with E-state index in [-0.39, 0.29) is 11.9 Å². The van der Waals surface area contributed by atoms with Crippen molar-refractivity contribution < 1.29 is 14.4 Å². The van der Waals surface area contributed by atoms with Crippen LogP contribution in [0.15, 0.2) is 48.5 Å². The molecular formula is C24H27FN4O2. The minimum atomic E-state index is -0.593. The molecule has 1 fully saturated rings. The fourth-order valence-corrected chi connectivity index (χ4v) is 4.30. The number of hydrogen-bond acceptors (Lipinski definition) is 4. The van der Waals surface area contributed by atoms with Gasteiger partial charge in [0.25, 0.3) is 5.91 Å². The second-order valence-electron chi connectivity index (χ2n) is 8.26. The maximum Gasteiger partial charge on any atom is 0.267 e. The molecule has 3 aromatic rings. The maximum atomic E-state index is 13.9. The van der Waals surface area contributed by atoms with Gasteiger partial charge < -0.3 is 4.57 Å². The monoisotopic (exact) mass is 422 g/mol. The summed E-state index contributed by atoms with van der Waals surface area (Å²) in [4.78, 5) is 18.6. The number of halogens is 1. The van der Waals surface area contributed by atoms with Gasteiger partial charge in [-0.1, -0.05) is 18.2 Å². The quantitative estimate of drug-likeness (QED) is 0.363. The molecule has 2 aromatic carbocycles. The number of hydrogen-bond donors (Lipinski definition) is 2. The van der Waals surface area contributed by atoms with Crippen molar-refractivity contribution in [1.29, 1.82) is 0 Å². The third-order valence-corrected chi connectivity index (χ3v) is 5.86. The van der Waals surface area contributed by atoms with E-state index < -0.39 is 5.91 Å². The predicted molar refractivity (Wildman–Crippen MR) is 119 cm³/mol. The number of imidazole rings is 1. The first-order valence-electron chi connectivity index (χ1n) is 10.6. The minimum Gasteiger partial charge on any atom is -0.320 e. The van der Waals surface area contributed by atoms with Gasteiger partial charge in [0.05, 0.1) is 11.0 Å². The van der Waals surface area contributed by atoms with Crippen molar-refractivity contribution in [3.63, 3.8) is 0 Å². The molecule has 4 rings (SSSR count). The largest absolute Gasteiger partial charge is 0.320 e. The number of nitrogens with one attached hydrogen (secondary N) is 1. The van der Waals surface area contributed by atoms with Crippen molar-refractivity contribution in [3.05, 3.63) is 59.9 Å². The van der Waals surface area contributed by atoms with E-state index >= 15 is 0 Å². The number of rotatable bonds is 5. The molecule has 1 amide bonds. The number of carbonyl (C=O) groups is 1. The van der Waals surface area contributed by atoms with Crippen LogP contribution in [-0.4, -0.2) is 44.7 Å². The van der Waals surface area contributed by atoms with Crippen molar-refractivity contribution in [2.75, 3.05) is 13.1 Å². The highest BCUT2D eigenvalue weighted by atomic mass is 19.1. The van der Waals surface area contributed by atoms with Crippen LogP contribution >= 0.6 is 0 Å². The van der Waals surface area contributed by atoms with Gasteiger partial charge in [0, 0.05) is 36.3 Å². The first-order valence-corrected chi connectivity index (χ1v) is 10.6. The summed E-state index contributed by atoms with van der Waals surface area (Å²) >= 11 is 0. The van der Waals surface area contributed by atoms with E-state index in [0.717, 1.165) is 48.4 Å². The summed E-state index contributed by atoms with van der Waals surface area (Å²) in [5, 5.41) is 8.69. The lowest BCUT2D eigenvalue weighted by molar-refractivity contribution is -0.124. The Bertz CT molecular complexity index is 1120. The molecule has 0 bridgehead atoms. The summed E-state index contributed by atoms with van der Waals surface area (Å²) in [5.74, 6) is -0.106. The predicted octanol–water partition coefficient (Wildman–Crippen LogP) is 4.41. The third kappa shape index (κ3) is 4.52. The number of likely N-dealkylation sites (tertiary alicyclic amines) is 1. The van der Waals surface area contributed by atoms with Gasteiger partial charge in [0.15, 0.2) is 0 Å². The van der Waals surface area contributed by atoms with E-state index in [0.29, 0.717) is 11.6 Å². The van der Waals surface area contributed by atoms with Crippen LogP contribution in [0, 0.1) is 5.82 Å². The van der Waals surface area contributed by atoms with Crippen LogP contribution in [0.5, 0.6) is 0 Å². The molecular weight excluding hydrogens is 395 g/mol. The number of benzene rings is 2. The minimum absolute atomic E-state index is 0.237. The Morgan fingerprint density at radius 1 is 1.29 bits per heavy atom. The Kier molecular flexibility index (Phi) is 6.15. The molecule has 0 saturated carbocycles. The second-order valence-corrected chi connectivity index (χ2v) is 8.26. The second kappa shape index (κ2) is 8.99. The van der Waals surface area contributed by atoms with Crippen LogP contribution in [0.4, 0.5) is 4.39 Å². The van der Waals surface area contributed by atoms with Gasteiger partial charge in [0.2, 0.25) is 0 Å². The molecule has 1 saturated heterocycles. The molecule has 1 aromatic heterocycles. The summed E-state index contributed by atoms with van der Waals surface area (Å²) in [5.41, 5.74) is 4.84. The molecule has 0 aliphatic carbocycles. The number of aromatic nitrogens is 2. The normalized spacial score (nSPS) is 17.6. The zero-order valence-electron chi connectivity index (χ0n) is 17.8. The van der Waals surface area contributed by atoms with Gasteiger partial charge in [0.1, 0.15) is 11.6 Å². The first kappa shape index (κ1) is 21.2. The molecule has 1 aliphatic rings. The summed E-state index contributed by atoms with van der Waals surface area (Å²) in [6.45, 7) is 6.42. The Labute approximate surface area is 181 Å². The highest BCUT2D eigenvalue weighted by Crippen LogP contribution is 2.33. The van der Waals surface area contributed by atoms with Crippen LogP contribution < -0.4 is 5.48 Å². The van der Waals surface area contributed by atoms with Gasteiger partial charge >= 0.3 is 0 Å². The van der Waals surface area contributed by atoms with Gasteiger partial charge in [-0.25, -0.2) is 14.9 Å². The number of hydroxylamine groups is 1. The summed E-state index contributed by atoms with van der Waals surface area (Å²) in [7, 11) is 0. The zero-order chi connectivity index (χ0) is 22.0. The van der Waals surface area contributed by atoms with Crippen molar-refractivity contribution in [3.8, 4) is 11.4 Å². The van der Waals surface area contributed by atoms with Crippen LogP contribution in [-0.2, 0) is 4.79 Å². The van der Waals surface area contributed by atoms with Crippen LogP contribution in [0.25, 0.3) is 28.5 Å². The highest BCUT2D eigenvalue weighted by molar-refractivity contribution is 5.91. The Morgan fingerprint density at radius 2 is 2.13 bits per heavy atom. The Hall–Kier alpha value is -3.03. The molecule has 0 radical (unpaired) electrons. The van der Waals surface area contributed by atoms with Gasteiger partial charge in [-0.3, -0.25) is 14.9 Å². The van der Waals surface area contributed by atoms with Gasteiger partial charge in [-0.15, -0.1) is 0 Å². The summed E-state index contributed by atoms with van der Waals surface area (Å²) in [6.07, 6.45) is 5.03. The molecule has 31 heavy (non-hydrogen) atoms. The standard InChI is InChI=1S/C24H27FN4O2/c1-16(2)28-12-4-7-20(15-28)29-22-10-9-19(25)14-21(22)26-24(29)18-6-3-5-17(13-18)8-11-23(30)27-31/h3,5-6,8-11,13-14,16,20,31H,4,7,12,15H2,1-2H3,(H,27,30). The molecule has 162 valence electrons. The average Bonchev–Trinajstić information content (AvgIpc) is 3.16. The smallest absolute Gasteiger partial charge is 0.267 e. The lowest BCUT2D eigenvalue weighted by Crippen LogP contribution is -2.40. The van der Waals surface area contributed by atoms with E-state index in [1.807, 2.05) is 30.3 Å². The van der Waals surface area contributed by atoms with E-state index in [9.17, 15) is 9.18 Å². The zero-order valence-corrected chi connectivity index (χ0v) is 17.8. The Morgan fingerprint density at radius 3 is 2.90 bits per heavy atom. The lowest BCUT2D eigenvalue weighted by Gasteiger charge is -2.36. The highest BCUT2D eigenvalue weighted by Gasteiger charge is 2.27. The first-order chi connectivity index (χ1) is 15.0. The molecule has 6 nitrogen and oxygen atoms in total. The number of nitrogens with zero attached hydrogens (tertiary/aromatic N) is 3. The molecule has 1 aliphatic heterocycles. The Balaban J connectivity index is 1.80. The van der Waals surface area contributed by atoms with E-state index in [1.165, 1.54) is 18.2 Å². The molecule has 1 unspecified atom stereocenters. The van der Waals surface area contributed by atoms with Crippen molar-refractivity contribution in [2.24, 2.45) is 0 Å². The fourth-order valence-electron chi connectivity index (χ4n) is 4.30. The number of carbonyl (C=O) groups excluding carboxylic acids is 1. The summed E-state index contributed by atoms with van der Waals surface area (Å²) < 4.78 is 16.2.